The predicted molar refractivity (Wildman–Crippen MR) is 111 cm³/mol. The molecule has 28 heavy (non-hydrogen) atoms. The highest BCUT2D eigenvalue weighted by Gasteiger charge is 2.28. The third-order valence-corrected chi connectivity index (χ3v) is 5.64. The smallest absolute Gasteiger partial charge is 0.319 e. The topological polar surface area (TPSA) is 63.2 Å². The van der Waals surface area contributed by atoms with E-state index in [1.807, 2.05) is 73.7 Å². The fourth-order valence-electron chi connectivity index (χ4n) is 3.48. The molecule has 0 bridgehead atoms. The van der Waals surface area contributed by atoms with E-state index < -0.39 is 0 Å². The van der Waals surface area contributed by atoms with Crippen LogP contribution in [0.5, 0.6) is 11.5 Å². The number of benzene rings is 3. The van der Waals surface area contributed by atoms with Gasteiger partial charge in [0.15, 0.2) is 0 Å². The number of para-hydroxylation sites is 2. The number of nitrogens with one attached hydrogen (secondary N) is 2. The molecule has 0 saturated carbocycles. The fourth-order valence-corrected chi connectivity index (χ4v) is 4.35. The molecular formula is C22H17N3O2S. The summed E-state index contributed by atoms with van der Waals surface area (Å²) < 4.78 is 7.03. The molecule has 5 nitrogen and oxygen atoms in total. The summed E-state index contributed by atoms with van der Waals surface area (Å²) in [7, 11) is 0. The van der Waals surface area contributed by atoms with Crippen molar-refractivity contribution in [1.29, 1.82) is 0 Å². The first-order chi connectivity index (χ1) is 13.7. The number of fused-ring (bicyclic) bond motifs is 3. The molecule has 3 aromatic carbocycles. The van der Waals surface area contributed by atoms with Crippen molar-refractivity contribution in [1.82, 2.24) is 10.3 Å². The quantitative estimate of drug-likeness (QED) is 0.469. The van der Waals surface area contributed by atoms with Gasteiger partial charge >= 0.3 is 6.03 Å². The Balaban J connectivity index is 1.42. The molecule has 0 atom stereocenters. The molecule has 1 aromatic heterocycles. The number of aromatic nitrogens is 1. The number of anilines is 1. The van der Waals surface area contributed by atoms with Crippen LogP contribution in [0.25, 0.3) is 10.2 Å². The number of urea groups is 1. The van der Waals surface area contributed by atoms with Crippen molar-refractivity contribution in [3.05, 3.63) is 82.9 Å². The van der Waals surface area contributed by atoms with Gasteiger partial charge in [-0.05, 0) is 37.3 Å². The van der Waals surface area contributed by atoms with E-state index in [9.17, 15) is 4.79 Å². The molecule has 5 rings (SSSR count). The highest BCUT2D eigenvalue weighted by atomic mass is 32.1. The summed E-state index contributed by atoms with van der Waals surface area (Å²) in [5.41, 5.74) is 3.55. The Kier molecular flexibility index (Phi) is 3.98. The second-order valence-electron chi connectivity index (χ2n) is 6.62. The molecule has 2 N–H and O–H groups in total. The van der Waals surface area contributed by atoms with Crippen LogP contribution in [0.1, 0.15) is 22.2 Å². The largest absolute Gasteiger partial charge is 0.457 e. The molecule has 2 amide bonds. The minimum atomic E-state index is -0.282. The van der Waals surface area contributed by atoms with E-state index in [2.05, 4.69) is 15.6 Å². The maximum Gasteiger partial charge on any atom is 0.319 e. The summed E-state index contributed by atoms with van der Waals surface area (Å²) in [4.78, 5) is 17.2. The van der Waals surface area contributed by atoms with Crippen LogP contribution in [0.2, 0.25) is 0 Å². The van der Waals surface area contributed by atoms with Gasteiger partial charge in [-0.2, -0.15) is 0 Å². The molecule has 0 unspecified atom stereocenters. The Labute approximate surface area is 166 Å². The molecular weight excluding hydrogens is 370 g/mol. The fraction of sp³-hybridized carbons (Fsp3) is 0.0909. The van der Waals surface area contributed by atoms with Crippen molar-refractivity contribution in [2.45, 2.75) is 13.0 Å². The molecule has 0 saturated heterocycles. The Bertz CT molecular complexity index is 1160. The number of aryl methyl sites for hydroxylation is 1. The first-order valence-electron chi connectivity index (χ1n) is 8.98. The minimum Gasteiger partial charge on any atom is -0.457 e. The van der Waals surface area contributed by atoms with Gasteiger partial charge in [0.05, 0.1) is 21.3 Å². The molecule has 0 spiro atoms. The number of nitrogens with zero attached hydrogens (tertiary/aromatic N) is 1. The number of ether oxygens (including phenoxy) is 1. The number of carbonyl (C=O) groups excluding carboxylic acids is 1. The van der Waals surface area contributed by atoms with Gasteiger partial charge in [-0.1, -0.05) is 36.4 Å². The van der Waals surface area contributed by atoms with Crippen molar-refractivity contribution < 1.29 is 9.53 Å². The van der Waals surface area contributed by atoms with Gasteiger partial charge < -0.3 is 15.4 Å². The number of thiazole rings is 1. The molecule has 0 aliphatic carbocycles. The molecule has 6 heteroatoms. The Hall–Kier alpha value is -3.38. The zero-order valence-electron chi connectivity index (χ0n) is 15.1. The monoisotopic (exact) mass is 387 g/mol. The Morgan fingerprint density at radius 1 is 1.00 bits per heavy atom. The van der Waals surface area contributed by atoms with Crippen LogP contribution >= 0.6 is 11.3 Å². The lowest BCUT2D eigenvalue weighted by molar-refractivity contribution is 0.249. The standard InChI is InChI=1S/C22H17N3O2S/c1-13-23-17-11-10-14(12-20(17)28-13)24-22(26)25-21-15-6-2-4-8-18(15)27-19-9-5-3-7-16(19)21/h2-12,21H,1H3,(H2,24,25,26). The number of carbonyl (C=O) groups is 1. The highest BCUT2D eigenvalue weighted by molar-refractivity contribution is 7.18. The molecule has 2 heterocycles. The van der Waals surface area contributed by atoms with Crippen molar-refractivity contribution in [3.8, 4) is 11.5 Å². The summed E-state index contributed by atoms with van der Waals surface area (Å²) in [6.07, 6.45) is 0. The summed E-state index contributed by atoms with van der Waals surface area (Å²) in [5.74, 6) is 1.51. The molecule has 0 radical (unpaired) electrons. The zero-order valence-corrected chi connectivity index (χ0v) is 15.9. The second-order valence-corrected chi connectivity index (χ2v) is 7.86. The number of hydrogen-bond donors (Lipinski definition) is 2. The minimum absolute atomic E-state index is 0.267. The van der Waals surface area contributed by atoms with Crippen LogP contribution in [-0.2, 0) is 0 Å². The number of amides is 2. The molecule has 138 valence electrons. The lowest BCUT2D eigenvalue weighted by Gasteiger charge is -2.28. The van der Waals surface area contributed by atoms with Crippen molar-refractivity contribution in [2.24, 2.45) is 0 Å². The SMILES string of the molecule is Cc1nc2ccc(NC(=O)NC3c4ccccc4Oc4ccccc43)cc2s1. The van der Waals surface area contributed by atoms with Crippen LogP contribution in [-0.4, -0.2) is 11.0 Å². The summed E-state index contributed by atoms with van der Waals surface area (Å²) in [6, 6.07) is 20.7. The molecule has 4 aromatic rings. The first kappa shape index (κ1) is 16.8. The maximum absolute atomic E-state index is 12.8. The van der Waals surface area contributed by atoms with Gasteiger partial charge in [0.2, 0.25) is 0 Å². The summed E-state index contributed by atoms with van der Waals surface area (Å²) >= 11 is 1.61. The van der Waals surface area contributed by atoms with Gasteiger partial charge in [-0.25, -0.2) is 9.78 Å². The predicted octanol–water partition coefficient (Wildman–Crippen LogP) is 5.62. The van der Waals surface area contributed by atoms with E-state index in [4.69, 9.17) is 4.74 Å². The molecule has 1 aliphatic rings. The van der Waals surface area contributed by atoms with Crippen LogP contribution in [0.3, 0.4) is 0 Å². The normalized spacial score (nSPS) is 12.8. The lowest BCUT2D eigenvalue weighted by atomic mass is 9.95. The average molecular weight is 387 g/mol. The Morgan fingerprint density at radius 3 is 2.39 bits per heavy atom. The van der Waals surface area contributed by atoms with E-state index in [0.29, 0.717) is 0 Å². The Morgan fingerprint density at radius 2 is 1.68 bits per heavy atom. The second kappa shape index (κ2) is 6.65. The van der Waals surface area contributed by atoms with Crippen LogP contribution in [0, 0.1) is 6.92 Å². The van der Waals surface area contributed by atoms with Gasteiger partial charge in [0, 0.05) is 16.8 Å². The van der Waals surface area contributed by atoms with Crippen LogP contribution in [0.4, 0.5) is 10.5 Å². The van der Waals surface area contributed by atoms with E-state index >= 15 is 0 Å². The van der Waals surface area contributed by atoms with Gasteiger partial charge in [0.25, 0.3) is 0 Å². The number of rotatable bonds is 2. The average Bonchev–Trinajstić information content (AvgIpc) is 3.07. The summed E-state index contributed by atoms with van der Waals surface area (Å²) in [5, 5.41) is 7.04. The van der Waals surface area contributed by atoms with Crippen LogP contribution in [0.15, 0.2) is 66.7 Å². The lowest BCUT2D eigenvalue weighted by Crippen LogP contribution is -2.34. The molecule has 1 aliphatic heterocycles. The maximum atomic E-state index is 12.8. The number of hydrogen-bond acceptors (Lipinski definition) is 4. The van der Waals surface area contributed by atoms with Crippen LogP contribution < -0.4 is 15.4 Å². The zero-order chi connectivity index (χ0) is 19.1. The first-order valence-corrected chi connectivity index (χ1v) is 9.79. The van der Waals surface area contributed by atoms with Crippen molar-refractivity contribution in [2.75, 3.05) is 5.32 Å². The van der Waals surface area contributed by atoms with Gasteiger partial charge in [0.1, 0.15) is 11.5 Å². The van der Waals surface area contributed by atoms with E-state index in [1.54, 1.807) is 11.3 Å². The van der Waals surface area contributed by atoms with E-state index in [1.165, 1.54) is 0 Å². The van der Waals surface area contributed by atoms with E-state index in [-0.39, 0.29) is 12.1 Å². The van der Waals surface area contributed by atoms with Crippen molar-refractivity contribution in [3.63, 3.8) is 0 Å². The molecule has 0 fully saturated rings. The highest BCUT2D eigenvalue weighted by Crippen LogP contribution is 2.42. The van der Waals surface area contributed by atoms with Gasteiger partial charge in [-0.15, -0.1) is 11.3 Å². The van der Waals surface area contributed by atoms with E-state index in [0.717, 1.165) is 43.5 Å². The summed E-state index contributed by atoms with van der Waals surface area (Å²) in [6.45, 7) is 1.98. The third-order valence-electron chi connectivity index (χ3n) is 4.71. The third kappa shape index (κ3) is 2.97. The van der Waals surface area contributed by atoms with Crippen molar-refractivity contribution >= 4 is 33.3 Å². The van der Waals surface area contributed by atoms with Gasteiger partial charge in [-0.3, -0.25) is 0 Å².